The summed E-state index contributed by atoms with van der Waals surface area (Å²) in [5.74, 6) is 1.44. The minimum absolute atomic E-state index is 0.383. The zero-order chi connectivity index (χ0) is 16.2. The van der Waals surface area contributed by atoms with Crippen LogP contribution in [0.5, 0.6) is 5.75 Å². The molecule has 0 saturated carbocycles. The van der Waals surface area contributed by atoms with Crippen molar-refractivity contribution in [2.24, 2.45) is 0 Å². The van der Waals surface area contributed by atoms with E-state index in [4.69, 9.17) is 4.74 Å². The summed E-state index contributed by atoms with van der Waals surface area (Å²) in [4.78, 5) is 3.77. The Morgan fingerprint density at radius 2 is 2.22 bits per heavy atom. The van der Waals surface area contributed by atoms with Crippen molar-refractivity contribution in [2.45, 2.75) is 38.6 Å². The van der Waals surface area contributed by atoms with E-state index in [1.807, 2.05) is 24.3 Å². The van der Waals surface area contributed by atoms with Crippen LogP contribution in [0.2, 0.25) is 0 Å². The highest BCUT2D eigenvalue weighted by Crippen LogP contribution is 2.27. The van der Waals surface area contributed by atoms with E-state index in [0.29, 0.717) is 17.6 Å². The molecule has 0 amide bonds. The Labute approximate surface area is 136 Å². The van der Waals surface area contributed by atoms with E-state index in [0.717, 1.165) is 37.2 Å². The molecule has 1 fully saturated rings. The van der Waals surface area contributed by atoms with E-state index in [-0.39, 0.29) is 0 Å². The fraction of sp³-hybridized carbons (Fsp3) is 0.471. The molecular weight excluding hydrogens is 290 g/mol. The van der Waals surface area contributed by atoms with Gasteiger partial charge in [-0.05, 0) is 37.8 Å². The van der Waals surface area contributed by atoms with Gasteiger partial charge in [0.2, 0.25) is 5.69 Å². The van der Waals surface area contributed by atoms with Crippen molar-refractivity contribution in [3.63, 3.8) is 0 Å². The van der Waals surface area contributed by atoms with Crippen molar-refractivity contribution in [3.05, 3.63) is 30.0 Å². The van der Waals surface area contributed by atoms with E-state index in [2.05, 4.69) is 28.1 Å². The standard InChI is InChI=1S/C17H21N5O/c1-3-13-7-4-5-10-21(13)17-16(12-18)19-22(20-17)14-8-6-9-15(11-14)23-2/h6,8-9,11,13H,3-5,7,10H2,1-2H3/t13-/m0/s1. The number of methoxy groups -OCH3 is 1. The summed E-state index contributed by atoms with van der Waals surface area (Å²) in [6.45, 7) is 3.12. The number of ether oxygens (including phenoxy) is 1. The predicted octanol–water partition coefficient (Wildman–Crippen LogP) is 2.92. The van der Waals surface area contributed by atoms with Gasteiger partial charge >= 0.3 is 0 Å². The predicted molar refractivity (Wildman–Crippen MR) is 87.9 cm³/mol. The lowest BCUT2D eigenvalue weighted by Crippen LogP contribution is -2.39. The average molecular weight is 311 g/mol. The first-order chi connectivity index (χ1) is 11.3. The Balaban J connectivity index is 1.99. The quantitative estimate of drug-likeness (QED) is 0.868. The van der Waals surface area contributed by atoms with Crippen LogP contribution < -0.4 is 9.64 Å². The molecular formula is C17H21N5O. The molecule has 1 aliphatic heterocycles. The minimum atomic E-state index is 0.383. The van der Waals surface area contributed by atoms with Gasteiger partial charge in [-0.3, -0.25) is 0 Å². The number of benzene rings is 1. The molecule has 2 aromatic rings. The van der Waals surface area contributed by atoms with Gasteiger partial charge in [-0.25, -0.2) is 0 Å². The molecule has 23 heavy (non-hydrogen) atoms. The molecule has 0 aliphatic carbocycles. The Hall–Kier alpha value is -2.55. The third-order valence-corrected chi connectivity index (χ3v) is 4.36. The highest BCUT2D eigenvalue weighted by atomic mass is 16.5. The fourth-order valence-corrected chi connectivity index (χ4v) is 3.12. The first-order valence-electron chi connectivity index (χ1n) is 8.05. The van der Waals surface area contributed by atoms with E-state index in [1.165, 1.54) is 11.2 Å². The van der Waals surface area contributed by atoms with Gasteiger partial charge in [0.15, 0.2) is 5.82 Å². The van der Waals surface area contributed by atoms with Crippen LogP contribution in [-0.4, -0.2) is 34.7 Å². The fourth-order valence-electron chi connectivity index (χ4n) is 3.12. The summed E-state index contributed by atoms with van der Waals surface area (Å²) < 4.78 is 5.25. The molecule has 1 saturated heterocycles. The Kier molecular flexibility index (Phi) is 4.47. The van der Waals surface area contributed by atoms with E-state index < -0.39 is 0 Å². The van der Waals surface area contributed by atoms with Crippen molar-refractivity contribution < 1.29 is 4.74 Å². The molecule has 0 N–H and O–H groups in total. The largest absolute Gasteiger partial charge is 0.497 e. The number of aromatic nitrogens is 3. The van der Waals surface area contributed by atoms with Crippen LogP contribution >= 0.6 is 0 Å². The van der Waals surface area contributed by atoms with Crippen LogP contribution in [0.15, 0.2) is 24.3 Å². The number of nitrogens with zero attached hydrogens (tertiary/aromatic N) is 5. The Bertz CT molecular complexity index is 718. The molecule has 120 valence electrons. The van der Waals surface area contributed by atoms with Crippen molar-refractivity contribution in [3.8, 4) is 17.5 Å². The summed E-state index contributed by atoms with van der Waals surface area (Å²) in [5.41, 5.74) is 1.17. The number of rotatable bonds is 4. The third kappa shape index (κ3) is 3.00. The third-order valence-electron chi connectivity index (χ3n) is 4.36. The summed E-state index contributed by atoms with van der Waals surface area (Å²) in [6, 6.07) is 10.1. The van der Waals surface area contributed by atoms with Gasteiger partial charge in [-0.15, -0.1) is 15.0 Å². The van der Waals surface area contributed by atoms with Crippen LogP contribution in [-0.2, 0) is 0 Å². The van der Waals surface area contributed by atoms with Gasteiger partial charge in [0.1, 0.15) is 11.8 Å². The topological polar surface area (TPSA) is 67.0 Å². The zero-order valence-electron chi connectivity index (χ0n) is 13.6. The zero-order valence-corrected chi connectivity index (χ0v) is 13.6. The molecule has 1 atom stereocenters. The molecule has 1 aromatic carbocycles. The average Bonchev–Trinajstić information content (AvgIpc) is 3.06. The molecule has 0 radical (unpaired) electrons. The lowest BCUT2D eigenvalue weighted by atomic mass is 10.00. The van der Waals surface area contributed by atoms with Crippen LogP contribution in [0.3, 0.4) is 0 Å². The van der Waals surface area contributed by atoms with Crippen molar-refractivity contribution in [1.82, 2.24) is 15.0 Å². The first-order valence-corrected chi connectivity index (χ1v) is 8.05. The van der Waals surface area contributed by atoms with Crippen LogP contribution in [0.1, 0.15) is 38.3 Å². The second kappa shape index (κ2) is 6.69. The van der Waals surface area contributed by atoms with Crippen molar-refractivity contribution >= 4 is 5.82 Å². The lowest BCUT2D eigenvalue weighted by Gasteiger charge is -2.35. The molecule has 0 spiro atoms. The van der Waals surface area contributed by atoms with Crippen LogP contribution in [0.4, 0.5) is 5.82 Å². The Morgan fingerprint density at radius 3 is 2.96 bits per heavy atom. The molecule has 3 rings (SSSR count). The second-order valence-corrected chi connectivity index (χ2v) is 5.73. The van der Waals surface area contributed by atoms with Crippen molar-refractivity contribution in [1.29, 1.82) is 5.26 Å². The highest BCUT2D eigenvalue weighted by Gasteiger charge is 2.26. The molecule has 1 aliphatic rings. The van der Waals surface area contributed by atoms with Crippen LogP contribution in [0.25, 0.3) is 5.69 Å². The van der Waals surface area contributed by atoms with Gasteiger partial charge in [0.25, 0.3) is 0 Å². The molecule has 2 heterocycles. The van der Waals surface area contributed by atoms with Gasteiger partial charge in [0.05, 0.1) is 12.8 Å². The van der Waals surface area contributed by atoms with Gasteiger partial charge in [-0.2, -0.15) is 5.26 Å². The smallest absolute Gasteiger partial charge is 0.207 e. The molecule has 1 aromatic heterocycles. The van der Waals surface area contributed by atoms with E-state index in [1.54, 1.807) is 7.11 Å². The normalized spacial score (nSPS) is 17.8. The Morgan fingerprint density at radius 1 is 1.35 bits per heavy atom. The molecule has 6 heteroatoms. The summed E-state index contributed by atoms with van der Waals surface area (Å²) >= 11 is 0. The number of piperidine rings is 1. The summed E-state index contributed by atoms with van der Waals surface area (Å²) in [7, 11) is 1.63. The second-order valence-electron chi connectivity index (χ2n) is 5.73. The minimum Gasteiger partial charge on any atom is -0.497 e. The van der Waals surface area contributed by atoms with E-state index >= 15 is 0 Å². The van der Waals surface area contributed by atoms with Crippen molar-refractivity contribution in [2.75, 3.05) is 18.6 Å². The maximum Gasteiger partial charge on any atom is 0.207 e. The summed E-state index contributed by atoms with van der Waals surface area (Å²) in [5, 5.41) is 18.4. The summed E-state index contributed by atoms with van der Waals surface area (Å²) in [6.07, 6.45) is 4.57. The number of hydrogen-bond donors (Lipinski definition) is 0. The molecule has 0 unspecified atom stereocenters. The van der Waals surface area contributed by atoms with E-state index in [9.17, 15) is 5.26 Å². The highest BCUT2D eigenvalue weighted by molar-refractivity contribution is 5.51. The van der Waals surface area contributed by atoms with Gasteiger partial charge in [0, 0.05) is 18.7 Å². The SMILES string of the molecule is CC[C@H]1CCCCN1c1nn(-c2cccc(OC)c2)nc1C#N. The number of nitriles is 1. The molecule has 0 bridgehead atoms. The van der Waals surface area contributed by atoms with Crippen LogP contribution in [0, 0.1) is 11.3 Å². The van der Waals surface area contributed by atoms with Gasteiger partial charge in [-0.1, -0.05) is 13.0 Å². The first kappa shape index (κ1) is 15.3. The number of anilines is 1. The maximum atomic E-state index is 9.45. The molecule has 6 nitrogen and oxygen atoms in total. The number of hydrogen-bond acceptors (Lipinski definition) is 5. The van der Waals surface area contributed by atoms with Gasteiger partial charge < -0.3 is 9.64 Å². The lowest BCUT2D eigenvalue weighted by molar-refractivity contribution is 0.414. The monoisotopic (exact) mass is 311 g/mol. The maximum absolute atomic E-state index is 9.45.